The van der Waals surface area contributed by atoms with Gasteiger partial charge in [-0.1, -0.05) is 24.3 Å². The van der Waals surface area contributed by atoms with Crippen LogP contribution in [0, 0.1) is 0 Å². The Morgan fingerprint density at radius 2 is 1.71 bits per heavy atom. The molecule has 0 radical (unpaired) electrons. The van der Waals surface area contributed by atoms with Gasteiger partial charge in [-0.05, 0) is 30.3 Å². The Morgan fingerprint density at radius 3 is 2.40 bits per heavy atom. The van der Waals surface area contributed by atoms with E-state index in [4.69, 9.17) is 19.4 Å². The molecule has 4 aromatic rings. The van der Waals surface area contributed by atoms with E-state index >= 15 is 0 Å². The average Bonchev–Trinajstić information content (AvgIpc) is 3.33. The maximum absolute atomic E-state index is 12.5. The summed E-state index contributed by atoms with van der Waals surface area (Å²) in [4.78, 5) is 33.1. The first-order valence-electron chi connectivity index (χ1n) is 10.1. The first-order chi connectivity index (χ1) is 16.7. The van der Waals surface area contributed by atoms with Crippen LogP contribution in [0.4, 0.5) is 18.9 Å². The summed E-state index contributed by atoms with van der Waals surface area (Å²) in [5, 5.41) is 10.9. The third kappa shape index (κ3) is 5.49. The molecule has 3 N–H and O–H groups in total. The van der Waals surface area contributed by atoms with Crippen molar-refractivity contribution in [1.29, 1.82) is 0 Å². The third-order valence-electron chi connectivity index (χ3n) is 4.82. The van der Waals surface area contributed by atoms with E-state index in [1.54, 1.807) is 6.07 Å². The number of carboxylic acid groups (broad SMARTS) is 1. The van der Waals surface area contributed by atoms with Crippen molar-refractivity contribution in [2.24, 2.45) is 0 Å². The van der Waals surface area contributed by atoms with Gasteiger partial charge in [-0.25, -0.2) is 14.8 Å². The van der Waals surface area contributed by atoms with Crippen LogP contribution in [0.3, 0.4) is 0 Å². The molecule has 0 saturated carbocycles. The van der Waals surface area contributed by atoms with Gasteiger partial charge in [0.15, 0.2) is 11.5 Å². The zero-order valence-corrected chi connectivity index (χ0v) is 17.7. The van der Waals surface area contributed by atoms with Crippen LogP contribution in [0.2, 0.25) is 0 Å². The van der Waals surface area contributed by atoms with E-state index in [-0.39, 0.29) is 12.5 Å². The number of para-hydroxylation sites is 2. The molecular formula is C23H17F3N4O5. The number of nitrogens with one attached hydrogen (secondary N) is 2. The fourth-order valence-corrected chi connectivity index (χ4v) is 3.19. The lowest BCUT2D eigenvalue weighted by atomic mass is 10.1. The lowest BCUT2D eigenvalue weighted by Gasteiger charge is -2.25. The average molecular weight is 486 g/mol. The Labute approximate surface area is 195 Å². The fourth-order valence-electron chi connectivity index (χ4n) is 3.19. The molecule has 2 aromatic heterocycles. The molecule has 0 fully saturated rings. The number of ether oxygens (including phenoxy) is 2. The zero-order valence-electron chi connectivity index (χ0n) is 17.7. The number of alkyl halides is 3. The molecule has 3 heterocycles. The Morgan fingerprint density at radius 1 is 1.03 bits per heavy atom. The van der Waals surface area contributed by atoms with Gasteiger partial charge in [0.05, 0.1) is 5.69 Å². The highest BCUT2D eigenvalue weighted by atomic mass is 19.4. The van der Waals surface area contributed by atoms with Crippen LogP contribution >= 0.6 is 0 Å². The number of hydrogen-bond acceptors (Lipinski definition) is 6. The van der Waals surface area contributed by atoms with Crippen LogP contribution in [0.1, 0.15) is 0 Å². The summed E-state index contributed by atoms with van der Waals surface area (Å²) >= 11 is 0. The number of carbonyl (C=O) groups excluding carboxylic acids is 1. The number of aromatic amines is 1. The van der Waals surface area contributed by atoms with E-state index in [1.807, 2.05) is 54.7 Å². The maximum Gasteiger partial charge on any atom is 0.490 e. The van der Waals surface area contributed by atoms with Crippen molar-refractivity contribution in [1.82, 2.24) is 15.0 Å². The number of halogens is 3. The van der Waals surface area contributed by atoms with Gasteiger partial charge >= 0.3 is 12.1 Å². The summed E-state index contributed by atoms with van der Waals surface area (Å²) in [5.74, 6) is -1.79. The minimum absolute atomic E-state index is 0.174. The first kappa shape index (κ1) is 23.5. The van der Waals surface area contributed by atoms with Crippen molar-refractivity contribution in [3.05, 3.63) is 67.1 Å². The normalized spacial score (nSPS) is 14.5. The summed E-state index contributed by atoms with van der Waals surface area (Å²) in [6, 6.07) is 16.8. The number of amides is 1. The highest BCUT2D eigenvalue weighted by Gasteiger charge is 2.38. The minimum Gasteiger partial charge on any atom is -0.485 e. The SMILES string of the molecule is O=C(Nc1ccc(-c2ncnc3[nH]ccc23)cc1)C1COc2ccccc2O1.O=C(O)C(F)(F)F. The predicted molar refractivity (Wildman–Crippen MR) is 118 cm³/mol. The molecule has 2 aromatic carbocycles. The van der Waals surface area contributed by atoms with Crippen LogP contribution in [-0.2, 0) is 9.59 Å². The van der Waals surface area contributed by atoms with Crippen LogP contribution in [-0.4, -0.2) is 50.8 Å². The number of nitrogens with zero attached hydrogens (tertiary/aromatic N) is 2. The van der Waals surface area contributed by atoms with Crippen molar-refractivity contribution >= 4 is 28.6 Å². The molecule has 9 nitrogen and oxygen atoms in total. The summed E-state index contributed by atoms with van der Waals surface area (Å²) < 4.78 is 43.1. The van der Waals surface area contributed by atoms with E-state index in [0.29, 0.717) is 17.2 Å². The van der Waals surface area contributed by atoms with Gasteiger partial charge in [-0.2, -0.15) is 13.2 Å². The highest BCUT2D eigenvalue weighted by molar-refractivity contribution is 5.95. The third-order valence-corrected chi connectivity index (χ3v) is 4.82. The largest absolute Gasteiger partial charge is 0.490 e. The lowest BCUT2D eigenvalue weighted by molar-refractivity contribution is -0.192. The number of benzene rings is 2. The smallest absolute Gasteiger partial charge is 0.485 e. The predicted octanol–water partition coefficient (Wildman–Crippen LogP) is 4.04. The molecule has 5 rings (SSSR count). The Kier molecular flexibility index (Phi) is 6.53. The Balaban J connectivity index is 0.000000364. The summed E-state index contributed by atoms with van der Waals surface area (Å²) in [5.41, 5.74) is 3.24. The number of fused-ring (bicyclic) bond motifs is 2. The number of carbonyl (C=O) groups is 2. The second kappa shape index (κ2) is 9.71. The van der Waals surface area contributed by atoms with Crippen LogP contribution < -0.4 is 14.8 Å². The van der Waals surface area contributed by atoms with Crippen LogP contribution in [0.25, 0.3) is 22.3 Å². The summed E-state index contributed by atoms with van der Waals surface area (Å²) in [7, 11) is 0. The second-order valence-electron chi connectivity index (χ2n) is 7.20. The van der Waals surface area contributed by atoms with Gasteiger partial charge in [0.1, 0.15) is 18.6 Å². The molecule has 1 amide bonds. The lowest BCUT2D eigenvalue weighted by Crippen LogP contribution is -2.40. The molecule has 0 saturated heterocycles. The van der Waals surface area contributed by atoms with Crippen molar-refractivity contribution < 1.29 is 37.3 Å². The Hall–Kier alpha value is -4.61. The van der Waals surface area contributed by atoms with Gasteiger partial charge < -0.3 is 24.9 Å². The summed E-state index contributed by atoms with van der Waals surface area (Å²) in [6.45, 7) is 0.174. The van der Waals surface area contributed by atoms with E-state index in [0.717, 1.165) is 22.3 Å². The van der Waals surface area contributed by atoms with E-state index in [2.05, 4.69) is 20.3 Å². The molecule has 35 heavy (non-hydrogen) atoms. The second-order valence-corrected chi connectivity index (χ2v) is 7.20. The number of H-pyrrole nitrogens is 1. The maximum atomic E-state index is 12.5. The van der Waals surface area contributed by atoms with Crippen molar-refractivity contribution in [3.63, 3.8) is 0 Å². The monoisotopic (exact) mass is 486 g/mol. The quantitative estimate of drug-likeness (QED) is 0.399. The molecule has 0 spiro atoms. The number of carboxylic acids is 1. The number of anilines is 1. The standard InChI is InChI=1S/C21H16N4O3.C2HF3O2/c26-21(18-11-27-16-3-1-2-4-17(16)28-18)25-14-7-5-13(6-8-14)19-15-9-10-22-20(15)24-12-23-19;3-2(4,5)1(6)7/h1-10,12,18H,11H2,(H,25,26)(H,22,23,24);(H,6,7). The first-order valence-corrected chi connectivity index (χ1v) is 10.1. The van der Waals surface area contributed by atoms with Gasteiger partial charge in [-0.3, -0.25) is 4.79 Å². The zero-order chi connectivity index (χ0) is 25.0. The Bertz CT molecular complexity index is 1360. The van der Waals surface area contributed by atoms with Crippen molar-refractivity contribution in [2.45, 2.75) is 12.3 Å². The molecule has 1 unspecified atom stereocenters. The van der Waals surface area contributed by atoms with Gasteiger partial charge in [0.25, 0.3) is 5.91 Å². The topological polar surface area (TPSA) is 126 Å². The van der Waals surface area contributed by atoms with E-state index in [1.165, 1.54) is 6.33 Å². The number of hydrogen-bond donors (Lipinski definition) is 3. The molecule has 0 aliphatic carbocycles. The fraction of sp³-hybridized carbons (Fsp3) is 0.130. The van der Waals surface area contributed by atoms with Crippen LogP contribution in [0.15, 0.2) is 67.1 Å². The molecule has 1 aliphatic rings. The number of aromatic nitrogens is 3. The molecule has 12 heteroatoms. The van der Waals surface area contributed by atoms with Crippen molar-refractivity contribution in [3.8, 4) is 22.8 Å². The minimum atomic E-state index is -5.08. The van der Waals surface area contributed by atoms with E-state index < -0.39 is 18.2 Å². The van der Waals surface area contributed by atoms with Crippen LogP contribution in [0.5, 0.6) is 11.5 Å². The van der Waals surface area contributed by atoms with Gasteiger partial charge in [0.2, 0.25) is 6.10 Å². The molecule has 180 valence electrons. The molecule has 1 atom stereocenters. The van der Waals surface area contributed by atoms with Crippen molar-refractivity contribution in [2.75, 3.05) is 11.9 Å². The van der Waals surface area contributed by atoms with E-state index in [9.17, 15) is 18.0 Å². The number of aliphatic carboxylic acids is 1. The molecule has 0 bridgehead atoms. The highest BCUT2D eigenvalue weighted by Crippen LogP contribution is 2.31. The molecule has 1 aliphatic heterocycles. The van der Waals surface area contributed by atoms with Gasteiger partial charge in [0, 0.05) is 22.8 Å². The molecular weight excluding hydrogens is 469 g/mol. The summed E-state index contributed by atoms with van der Waals surface area (Å²) in [6.07, 6.45) is -2.42. The van der Waals surface area contributed by atoms with Gasteiger partial charge in [-0.15, -0.1) is 0 Å². The number of rotatable bonds is 3.